The second-order valence-electron chi connectivity index (χ2n) is 7.79. The number of fused-ring (bicyclic) bond motifs is 1. The van der Waals surface area contributed by atoms with E-state index >= 15 is 0 Å². The Morgan fingerprint density at radius 1 is 1.22 bits per heavy atom. The molecule has 1 fully saturated rings. The minimum atomic E-state index is -2.95. The van der Waals surface area contributed by atoms with Crippen LogP contribution in [-0.4, -0.2) is 43.8 Å². The van der Waals surface area contributed by atoms with E-state index in [1.54, 1.807) is 13.0 Å². The molecule has 2 unspecified atom stereocenters. The number of carbonyl (C=O) groups is 2. The highest BCUT2D eigenvalue weighted by atomic mass is 32.2. The van der Waals surface area contributed by atoms with Crippen molar-refractivity contribution in [3.05, 3.63) is 29.3 Å². The molecule has 3 rings (SSSR count). The molecular formula is C20H28N2O4S. The third kappa shape index (κ3) is 4.18. The number of nitrogens with zero attached hydrogens (tertiary/aromatic N) is 1. The first-order valence-corrected chi connectivity index (χ1v) is 11.5. The molecule has 27 heavy (non-hydrogen) atoms. The maximum absolute atomic E-state index is 12.6. The van der Waals surface area contributed by atoms with E-state index < -0.39 is 9.84 Å². The van der Waals surface area contributed by atoms with Gasteiger partial charge in [0.05, 0.1) is 11.5 Å². The zero-order valence-corrected chi connectivity index (χ0v) is 17.0. The van der Waals surface area contributed by atoms with Gasteiger partial charge in [-0.25, -0.2) is 8.42 Å². The van der Waals surface area contributed by atoms with Crippen molar-refractivity contribution in [2.45, 2.75) is 58.5 Å². The molecule has 0 aliphatic carbocycles. The molecule has 0 radical (unpaired) electrons. The van der Waals surface area contributed by atoms with Gasteiger partial charge in [-0.15, -0.1) is 0 Å². The largest absolute Gasteiger partial charge is 0.349 e. The van der Waals surface area contributed by atoms with E-state index in [2.05, 4.69) is 19.2 Å². The Morgan fingerprint density at radius 3 is 2.48 bits per heavy atom. The van der Waals surface area contributed by atoms with Crippen molar-refractivity contribution in [2.75, 3.05) is 16.4 Å². The molecule has 2 heterocycles. The molecule has 1 aromatic rings. The van der Waals surface area contributed by atoms with Crippen LogP contribution in [0, 0.1) is 5.92 Å². The number of hydrogen-bond donors (Lipinski definition) is 1. The highest BCUT2D eigenvalue weighted by Gasteiger charge is 2.33. The SMILES string of the molecule is CCC1C(C)Cc2cc(C(=O)NC3CCS(=O)(=O)CC3)ccc2N1C(C)=O. The van der Waals surface area contributed by atoms with Gasteiger partial charge in [0.15, 0.2) is 0 Å². The quantitative estimate of drug-likeness (QED) is 0.856. The average molecular weight is 393 g/mol. The summed E-state index contributed by atoms with van der Waals surface area (Å²) in [5, 5.41) is 2.96. The van der Waals surface area contributed by atoms with Crippen LogP contribution in [0.4, 0.5) is 5.69 Å². The predicted molar refractivity (Wildman–Crippen MR) is 106 cm³/mol. The van der Waals surface area contributed by atoms with Crippen molar-refractivity contribution in [1.82, 2.24) is 5.32 Å². The number of rotatable bonds is 3. The van der Waals surface area contributed by atoms with Crippen molar-refractivity contribution in [3.63, 3.8) is 0 Å². The van der Waals surface area contributed by atoms with Crippen LogP contribution in [0.2, 0.25) is 0 Å². The maximum Gasteiger partial charge on any atom is 0.251 e. The summed E-state index contributed by atoms with van der Waals surface area (Å²) in [4.78, 5) is 26.7. The lowest BCUT2D eigenvalue weighted by molar-refractivity contribution is -0.117. The molecule has 0 bridgehead atoms. The fourth-order valence-electron chi connectivity index (χ4n) is 4.33. The summed E-state index contributed by atoms with van der Waals surface area (Å²) < 4.78 is 23.1. The van der Waals surface area contributed by atoms with Gasteiger partial charge in [0.25, 0.3) is 5.91 Å². The van der Waals surface area contributed by atoms with E-state index in [9.17, 15) is 18.0 Å². The Morgan fingerprint density at radius 2 is 1.89 bits per heavy atom. The van der Waals surface area contributed by atoms with Crippen LogP contribution < -0.4 is 10.2 Å². The minimum Gasteiger partial charge on any atom is -0.349 e. The average Bonchev–Trinajstić information content (AvgIpc) is 2.61. The van der Waals surface area contributed by atoms with E-state index in [0.29, 0.717) is 24.3 Å². The van der Waals surface area contributed by atoms with Gasteiger partial charge in [-0.2, -0.15) is 0 Å². The number of carbonyl (C=O) groups excluding carboxylic acids is 2. The fourth-order valence-corrected chi connectivity index (χ4v) is 5.82. The van der Waals surface area contributed by atoms with Crippen LogP contribution in [0.5, 0.6) is 0 Å². The first-order valence-electron chi connectivity index (χ1n) is 9.66. The second-order valence-corrected chi connectivity index (χ2v) is 10.1. The molecular weight excluding hydrogens is 364 g/mol. The van der Waals surface area contributed by atoms with Gasteiger partial charge in [-0.3, -0.25) is 9.59 Å². The van der Waals surface area contributed by atoms with Gasteiger partial charge < -0.3 is 10.2 Å². The summed E-state index contributed by atoms with van der Waals surface area (Å²) in [7, 11) is -2.95. The van der Waals surface area contributed by atoms with Crippen LogP contribution in [0.3, 0.4) is 0 Å². The van der Waals surface area contributed by atoms with Gasteiger partial charge in [0.1, 0.15) is 9.84 Å². The molecule has 148 valence electrons. The Balaban J connectivity index is 1.78. The van der Waals surface area contributed by atoms with Crippen molar-refractivity contribution in [3.8, 4) is 0 Å². The van der Waals surface area contributed by atoms with Crippen LogP contribution in [0.1, 0.15) is 56.0 Å². The van der Waals surface area contributed by atoms with E-state index in [0.717, 1.165) is 24.1 Å². The molecule has 2 amide bonds. The topological polar surface area (TPSA) is 83.6 Å². The summed E-state index contributed by atoms with van der Waals surface area (Å²) in [6, 6.07) is 5.58. The molecule has 1 aromatic carbocycles. The lowest BCUT2D eigenvalue weighted by Gasteiger charge is -2.40. The molecule has 0 spiro atoms. The molecule has 2 atom stereocenters. The predicted octanol–water partition coefficient (Wildman–Crippen LogP) is 2.32. The number of anilines is 1. The summed E-state index contributed by atoms with van der Waals surface area (Å²) in [5.41, 5.74) is 2.47. The van der Waals surface area contributed by atoms with E-state index in [-0.39, 0.29) is 35.4 Å². The maximum atomic E-state index is 12.6. The van der Waals surface area contributed by atoms with Crippen molar-refractivity contribution >= 4 is 27.3 Å². The molecule has 0 saturated carbocycles. The van der Waals surface area contributed by atoms with Gasteiger partial charge in [-0.1, -0.05) is 13.8 Å². The Kier molecular flexibility index (Phi) is 5.60. The molecule has 6 nitrogen and oxygen atoms in total. The summed E-state index contributed by atoms with van der Waals surface area (Å²) in [6.07, 6.45) is 2.66. The number of sulfone groups is 1. The van der Waals surface area contributed by atoms with Gasteiger partial charge in [-0.05, 0) is 55.4 Å². The molecule has 0 aromatic heterocycles. The Hall–Kier alpha value is -1.89. The zero-order chi connectivity index (χ0) is 19.8. The standard InChI is InChI=1S/C20H28N2O4S/c1-4-18-13(2)11-16-12-15(5-6-19(16)22(18)14(3)23)20(24)21-17-7-9-27(25,26)10-8-17/h5-6,12-13,17-18H,4,7-11H2,1-3H3,(H,21,24). The molecule has 1 N–H and O–H groups in total. The number of amides is 2. The van der Waals surface area contributed by atoms with Gasteiger partial charge in [0.2, 0.25) is 5.91 Å². The lowest BCUT2D eigenvalue weighted by atomic mass is 9.84. The number of hydrogen-bond acceptors (Lipinski definition) is 4. The molecule has 1 saturated heterocycles. The number of nitrogens with one attached hydrogen (secondary N) is 1. The monoisotopic (exact) mass is 392 g/mol. The van der Waals surface area contributed by atoms with Crippen LogP contribution in [0.15, 0.2) is 18.2 Å². The van der Waals surface area contributed by atoms with E-state index in [4.69, 9.17) is 0 Å². The highest BCUT2D eigenvalue weighted by Crippen LogP contribution is 2.35. The highest BCUT2D eigenvalue weighted by molar-refractivity contribution is 7.91. The fraction of sp³-hybridized carbons (Fsp3) is 0.600. The summed E-state index contributed by atoms with van der Waals surface area (Å²) in [6.45, 7) is 5.82. The first-order chi connectivity index (χ1) is 12.7. The van der Waals surface area contributed by atoms with Gasteiger partial charge in [0, 0.05) is 30.3 Å². The lowest BCUT2D eigenvalue weighted by Crippen LogP contribution is -2.47. The second kappa shape index (κ2) is 7.62. The summed E-state index contributed by atoms with van der Waals surface area (Å²) in [5.74, 6) is 0.433. The minimum absolute atomic E-state index is 0.0234. The third-order valence-corrected chi connectivity index (χ3v) is 7.49. The van der Waals surface area contributed by atoms with Crippen LogP contribution >= 0.6 is 0 Å². The molecule has 7 heteroatoms. The van der Waals surface area contributed by atoms with Crippen molar-refractivity contribution in [2.24, 2.45) is 5.92 Å². The summed E-state index contributed by atoms with van der Waals surface area (Å²) >= 11 is 0. The number of benzene rings is 1. The Bertz CT molecular complexity index is 836. The normalized spacial score (nSPS) is 24.9. The van der Waals surface area contributed by atoms with Crippen molar-refractivity contribution < 1.29 is 18.0 Å². The third-order valence-electron chi connectivity index (χ3n) is 5.78. The van der Waals surface area contributed by atoms with Crippen LogP contribution in [-0.2, 0) is 21.1 Å². The van der Waals surface area contributed by atoms with E-state index in [1.807, 2.05) is 17.0 Å². The van der Waals surface area contributed by atoms with Gasteiger partial charge >= 0.3 is 0 Å². The van der Waals surface area contributed by atoms with Crippen molar-refractivity contribution in [1.29, 1.82) is 0 Å². The first kappa shape index (κ1) is 19.9. The van der Waals surface area contributed by atoms with E-state index in [1.165, 1.54) is 0 Å². The molecule has 2 aliphatic rings. The Labute approximate surface area is 161 Å². The zero-order valence-electron chi connectivity index (χ0n) is 16.2. The van der Waals surface area contributed by atoms with Crippen LogP contribution in [0.25, 0.3) is 0 Å². The smallest absolute Gasteiger partial charge is 0.251 e. The molecule has 2 aliphatic heterocycles.